The number of sulfonamides is 1. The molecule has 0 unspecified atom stereocenters. The van der Waals surface area contributed by atoms with E-state index in [1.807, 2.05) is 6.07 Å². The molecule has 0 aliphatic rings. The Balaban J connectivity index is 2.11. The highest BCUT2D eigenvalue weighted by atomic mass is 79.9. The van der Waals surface area contributed by atoms with E-state index >= 15 is 0 Å². The topological polar surface area (TPSA) is 59.3 Å². The maximum absolute atomic E-state index is 12.2. The largest absolute Gasteiger partial charge is 0.469 e. The molecular formula is C13H14BrNO3S. The molecule has 1 aromatic heterocycles. The Morgan fingerprint density at radius 1 is 1.26 bits per heavy atom. The molecule has 1 heterocycles. The van der Waals surface area contributed by atoms with Crippen molar-refractivity contribution < 1.29 is 12.8 Å². The molecule has 1 N–H and O–H groups in total. The van der Waals surface area contributed by atoms with Gasteiger partial charge in [0, 0.05) is 16.9 Å². The number of halogens is 1. The number of hydrogen-bond acceptors (Lipinski definition) is 3. The predicted octanol–water partition coefficient (Wildman–Crippen LogP) is 2.95. The van der Waals surface area contributed by atoms with E-state index in [1.54, 1.807) is 43.5 Å². The van der Waals surface area contributed by atoms with Crippen LogP contribution in [-0.4, -0.2) is 14.5 Å². The van der Waals surface area contributed by atoms with E-state index in [4.69, 9.17) is 4.42 Å². The van der Waals surface area contributed by atoms with Crippen LogP contribution in [0.15, 0.2) is 56.4 Å². The lowest BCUT2D eigenvalue weighted by Gasteiger charge is -2.13. The van der Waals surface area contributed by atoms with Gasteiger partial charge in [-0.05, 0) is 47.1 Å². The lowest BCUT2D eigenvalue weighted by Crippen LogP contribution is -2.34. The van der Waals surface area contributed by atoms with E-state index in [2.05, 4.69) is 20.7 Å². The third kappa shape index (κ3) is 3.68. The van der Waals surface area contributed by atoms with Crippen LogP contribution in [0, 0.1) is 0 Å². The van der Waals surface area contributed by atoms with Crippen molar-refractivity contribution in [2.24, 2.45) is 0 Å². The fourth-order valence-corrected chi connectivity index (χ4v) is 4.01. The van der Waals surface area contributed by atoms with Crippen molar-refractivity contribution in [3.8, 4) is 0 Å². The van der Waals surface area contributed by atoms with Crippen molar-refractivity contribution in [1.82, 2.24) is 4.72 Å². The monoisotopic (exact) mass is 343 g/mol. The van der Waals surface area contributed by atoms with Gasteiger partial charge in [-0.1, -0.05) is 12.1 Å². The zero-order chi connectivity index (χ0) is 13.9. The molecule has 6 heteroatoms. The summed E-state index contributed by atoms with van der Waals surface area (Å²) in [6.07, 6.45) is 2.08. The van der Waals surface area contributed by atoms with Crippen LogP contribution in [0.5, 0.6) is 0 Å². The average Bonchev–Trinajstić information content (AvgIpc) is 2.81. The summed E-state index contributed by atoms with van der Waals surface area (Å²) in [5.74, 6) is 0.752. The first kappa shape index (κ1) is 14.3. The van der Waals surface area contributed by atoms with Crippen LogP contribution in [0.4, 0.5) is 0 Å². The van der Waals surface area contributed by atoms with Crippen LogP contribution in [-0.2, 0) is 16.4 Å². The molecule has 0 fully saturated rings. The number of nitrogens with one attached hydrogen (secondary N) is 1. The van der Waals surface area contributed by atoms with Gasteiger partial charge in [-0.2, -0.15) is 0 Å². The normalized spacial score (nSPS) is 13.4. The molecule has 0 aliphatic heterocycles. The Morgan fingerprint density at radius 2 is 2.00 bits per heavy atom. The first-order chi connectivity index (χ1) is 8.99. The Kier molecular flexibility index (Phi) is 4.44. The predicted molar refractivity (Wildman–Crippen MR) is 76.3 cm³/mol. The molecule has 0 amide bonds. The summed E-state index contributed by atoms with van der Waals surface area (Å²) in [5.41, 5.74) is 0. The second-order valence-corrected chi connectivity index (χ2v) is 6.77. The maximum Gasteiger partial charge on any atom is 0.241 e. The van der Waals surface area contributed by atoms with Gasteiger partial charge in [0.2, 0.25) is 10.0 Å². The van der Waals surface area contributed by atoms with Gasteiger partial charge in [0.05, 0.1) is 11.2 Å². The molecule has 102 valence electrons. The van der Waals surface area contributed by atoms with E-state index in [-0.39, 0.29) is 10.9 Å². The van der Waals surface area contributed by atoms with Crippen LogP contribution < -0.4 is 4.72 Å². The van der Waals surface area contributed by atoms with E-state index in [1.165, 1.54) is 0 Å². The van der Waals surface area contributed by atoms with E-state index < -0.39 is 10.0 Å². The third-order valence-corrected chi connectivity index (χ3v) is 5.17. The molecule has 0 saturated heterocycles. The van der Waals surface area contributed by atoms with Crippen molar-refractivity contribution in [2.45, 2.75) is 24.3 Å². The molecule has 2 aromatic rings. The van der Waals surface area contributed by atoms with E-state index in [0.717, 1.165) is 5.76 Å². The Morgan fingerprint density at radius 3 is 2.63 bits per heavy atom. The highest BCUT2D eigenvalue weighted by Gasteiger charge is 2.20. The van der Waals surface area contributed by atoms with Crippen molar-refractivity contribution in [2.75, 3.05) is 0 Å². The second-order valence-electron chi connectivity index (χ2n) is 4.24. The molecule has 0 radical (unpaired) electrons. The standard InChI is InChI=1S/C13H14BrNO3S/c1-10(9-11-5-4-8-18-11)15-19(16,17)13-7-3-2-6-12(13)14/h2-8,10,15H,9H2,1H3/t10-/m1/s1. The zero-order valence-electron chi connectivity index (χ0n) is 10.3. The molecule has 19 heavy (non-hydrogen) atoms. The number of benzene rings is 1. The first-order valence-corrected chi connectivity index (χ1v) is 8.06. The minimum absolute atomic E-state index is 0.237. The summed E-state index contributed by atoms with van der Waals surface area (Å²) in [6.45, 7) is 1.80. The quantitative estimate of drug-likeness (QED) is 0.907. The molecule has 0 aliphatic carbocycles. The molecule has 1 atom stereocenters. The van der Waals surface area contributed by atoms with Gasteiger partial charge in [0.1, 0.15) is 5.76 Å². The summed E-state index contributed by atoms with van der Waals surface area (Å²) in [6, 6.07) is 10.1. The van der Waals surface area contributed by atoms with Gasteiger partial charge in [-0.3, -0.25) is 0 Å². The summed E-state index contributed by atoms with van der Waals surface area (Å²) in [5, 5.41) is 0. The van der Waals surface area contributed by atoms with Gasteiger partial charge in [-0.25, -0.2) is 13.1 Å². The fraction of sp³-hybridized carbons (Fsp3) is 0.231. The highest BCUT2D eigenvalue weighted by Crippen LogP contribution is 2.21. The molecular weight excluding hydrogens is 330 g/mol. The van der Waals surface area contributed by atoms with Crippen LogP contribution in [0.25, 0.3) is 0 Å². The average molecular weight is 344 g/mol. The maximum atomic E-state index is 12.2. The SMILES string of the molecule is C[C@H](Cc1ccco1)NS(=O)(=O)c1ccccc1Br. The van der Waals surface area contributed by atoms with Crippen molar-refractivity contribution >= 4 is 26.0 Å². The van der Waals surface area contributed by atoms with Crippen LogP contribution >= 0.6 is 15.9 Å². The molecule has 0 spiro atoms. The third-order valence-electron chi connectivity index (χ3n) is 2.57. The highest BCUT2D eigenvalue weighted by molar-refractivity contribution is 9.10. The van der Waals surface area contributed by atoms with Crippen molar-refractivity contribution in [3.63, 3.8) is 0 Å². The molecule has 0 bridgehead atoms. The van der Waals surface area contributed by atoms with Gasteiger partial charge < -0.3 is 4.42 Å². The molecule has 1 aromatic carbocycles. The minimum Gasteiger partial charge on any atom is -0.469 e. The first-order valence-electron chi connectivity index (χ1n) is 5.78. The zero-order valence-corrected chi connectivity index (χ0v) is 12.7. The van der Waals surface area contributed by atoms with Crippen LogP contribution in [0.3, 0.4) is 0 Å². The molecule has 2 rings (SSSR count). The Hall–Kier alpha value is -1.11. The Labute approximate surface area is 121 Å². The minimum atomic E-state index is -3.53. The molecule has 4 nitrogen and oxygen atoms in total. The number of furan rings is 1. The van der Waals surface area contributed by atoms with Gasteiger partial charge in [0.25, 0.3) is 0 Å². The van der Waals surface area contributed by atoms with Crippen LogP contribution in [0.2, 0.25) is 0 Å². The summed E-state index contributed by atoms with van der Waals surface area (Å²) in [7, 11) is -3.53. The smallest absolute Gasteiger partial charge is 0.241 e. The Bertz CT molecular complexity index is 638. The van der Waals surface area contributed by atoms with E-state index in [9.17, 15) is 8.42 Å². The summed E-state index contributed by atoms with van der Waals surface area (Å²) < 4.78 is 32.8. The number of hydrogen-bond donors (Lipinski definition) is 1. The summed E-state index contributed by atoms with van der Waals surface area (Å²) in [4.78, 5) is 0.237. The fourth-order valence-electron chi connectivity index (χ4n) is 1.76. The summed E-state index contributed by atoms with van der Waals surface area (Å²) >= 11 is 3.24. The van der Waals surface area contributed by atoms with Gasteiger partial charge >= 0.3 is 0 Å². The van der Waals surface area contributed by atoms with Crippen LogP contribution in [0.1, 0.15) is 12.7 Å². The lowest BCUT2D eigenvalue weighted by molar-refractivity contribution is 0.479. The van der Waals surface area contributed by atoms with E-state index in [0.29, 0.717) is 10.9 Å². The van der Waals surface area contributed by atoms with Crippen molar-refractivity contribution in [3.05, 3.63) is 52.9 Å². The number of rotatable bonds is 5. The van der Waals surface area contributed by atoms with Crippen molar-refractivity contribution in [1.29, 1.82) is 0 Å². The molecule has 0 saturated carbocycles. The lowest BCUT2D eigenvalue weighted by atomic mass is 10.2. The second kappa shape index (κ2) is 5.90. The van der Waals surface area contributed by atoms with Gasteiger partial charge in [-0.15, -0.1) is 0 Å². The van der Waals surface area contributed by atoms with Gasteiger partial charge in [0.15, 0.2) is 0 Å².